The third-order valence-corrected chi connectivity index (χ3v) is 2.41. The standard InChI is InChI=1S/C10H12N2O2S/c1-11-10(15-2)12-8-5-3-4-7(6-8)9(13)14/h3-6H,1-2H3,(H,11,12)(H,13,14). The molecule has 0 fully saturated rings. The van der Waals surface area contributed by atoms with E-state index >= 15 is 0 Å². The van der Waals surface area contributed by atoms with Gasteiger partial charge in [-0.3, -0.25) is 0 Å². The Hall–Kier alpha value is -1.49. The van der Waals surface area contributed by atoms with Crippen molar-refractivity contribution in [2.75, 3.05) is 13.3 Å². The topological polar surface area (TPSA) is 61.7 Å². The maximum Gasteiger partial charge on any atom is 0.335 e. The van der Waals surface area contributed by atoms with Crippen LogP contribution in [0.15, 0.2) is 29.3 Å². The largest absolute Gasteiger partial charge is 0.478 e. The summed E-state index contributed by atoms with van der Waals surface area (Å²) in [5.74, 6) is -0.942. The van der Waals surface area contributed by atoms with E-state index < -0.39 is 5.97 Å². The molecule has 0 saturated carbocycles. The van der Waals surface area contributed by atoms with Gasteiger partial charge in [-0.1, -0.05) is 17.8 Å². The highest BCUT2D eigenvalue weighted by Crippen LogP contribution is 2.15. The molecule has 0 heterocycles. The number of benzene rings is 1. The zero-order chi connectivity index (χ0) is 11.3. The lowest BCUT2D eigenvalue weighted by Crippen LogP contribution is -2.12. The Morgan fingerprint density at radius 1 is 1.53 bits per heavy atom. The van der Waals surface area contributed by atoms with Crippen LogP contribution in [0.3, 0.4) is 0 Å². The predicted octanol–water partition coefficient (Wildman–Crippen LogP) is 1.95. The number of nitrogens with one attached hydrogen (secondary N) is 1. The van der Waals surface area contributed by atoms with Gasteiger partial charge in [-0.15, -0.1) is 0 Å². The maximum atomic E-state index is 10.7. The van der Waals surface area contributed by atoms with Crippen LogP contribution in [0.4, 0.5) is 5.69 Å². The molecule has 80 valence electrons. The van der Waals surface area contributed by atoms with Gasteiger partial charge in [-0.05, 0) is 24.5 Å². The minimum absolute atomic E-state index is 0.243. The van der Waals surface area contributed by atoms with E-state index in [1.165, 1.54) is 17.8 Å². The zero-order valence-corrected chi connectivity index (χ0v) is 9.34. The molecule has 0 saturated heterocycles. The molecule has 0 aliphatic heterocycles. The number of rotatable bonds is 2. The molecule has 0 aliphatic rings. The van der Waals surface area contributed by atoms with E-state index in [0.29, 0.717) is 5.69 Å². The lowest BCUT2D eigenvalue weighted by molar-refractivity contribution is 0.0697. The van der Waals surface area contributed by atoms with Gasteiger partial charge in [-0.2, -0.15) is 0 Å². The number of hydrogen-bond donors (Lipinski definition) is 2. The summed E-state index contributed by atoms with van der Waals surface area (Å²) in [5.41, 5.74) is 0.876. The zero-order valence-electron chi connectivity index (χ0n) is 8.52. The predicted molar refractivity (Wildman–Crippen MR) is 63.1 cm³/mol. The van der Waals surface area contributed by atoms with Crippen molar-refractivity contribution in [2.45, 2.75) is 0 Å². The first-order valence-corrected chi connectivity index (χ1v) is 5.53. The number of nitrogens with zero attached hydrogens (tertiary/aromatic N) is 1. The maximum absolute atomic E-state index is 10.7. The molecule has 0 bridgehead atoms. The number of aliphatic imine (C=N–C) groups is 1. The summed E-state index contributed by atoms with van der Waals surface area (Å²) in [6.07, 6.45) is 1.90. The monoisotopic (exact) mass is 224 g/mol. The molecule has 0 atom stereocenters. The van der Waals surface area contributed by atoms with Crippen molar-refractivity contribution in [3.8, 4) is 0 Å². The van der Waals surface area contributed by atoms with Crippen LogP contribution in [0.5, 0.6) is 0 Å². The number of carboxylic acids is 1. The Balaban J connectivity index is 3.00. The number of thioether (sulfide) groups is 1. The second-order valence-corrected chi connectivity index (χ2v) is 3.52. The Morgan fingerprint density at radius 2 is 2.27 bits per heavy atom. The van der Waals surface area contributed by atoms with Crippen molar-refractivity contribution in [1.29, 1.82) is 0 Å². The first-order chi connectivity index (χ1) is 7.17. The van der Waals surface area contributed by atoms with Gasteiger partial charge in [0.1, 0.15) is 0 Å². The first kappa shape index (κ1) is 11.6. The highest BCUT2D eigenvalue weighted by molar-refractivity contribution is 8.13. The van der Waals surface area contributed by atoms with Gasteiger partial charge >= 0.3 is 5.97 Å². The summed E-state index contributed by atoms with van der Waals surface area (Å²) in [5, 5.41) is 12.5. The van der Waals surface area contributed by atoms with Gasteiger partial charge in [-0.25, -0.2) is 9.79 Å². The lowest BCUT2D eigenvalue weighted by Gasteiger charge is -2.02. The quantitative estimate of drug-likeness (QED) is 0.595. The van der Waals surface area contributed by atoms with E-state index in [9.17, 15) is 4.79 Å². The molecular weight excluding hydrogens is 212 g/mol. The van der Waals surface area contributed by atoms with Gasteiger partial charge in [0.2, 0.25) is 0 Å². The molecule has 5 heteroatoms. The number of carboxylic acid groups (broad SMARTS) is 1. The van der Waals surface area contributed by atoms with Crippen molar-refractivity contribution in [3.63, 3.8) is 0 Å². The third kappa shape index (κ3) is 3.28. The van der Waals surface area contributed by atoms with Crippen LogP contribution in [0.1, 0.15) is 10.4 Å². The average molecular weight is 224 g/mol. The summed E-state index contributed by atoms with van der Waals surface area (Å²) in [6.45, 7) is 0. The van der Waals surface area contributed by atoms with E-state index in [4.69, 9.17) is 5.11 Å². The lowest BCUT2D eigenvalue weighted by atomic mass is 10.2. The van der Waals surface area contributed by atoms with Crippen LogP contribution in [-0.2, 0) is 0 Å². The van der Waals surface area contributed by atoms with Crippen molar-refractivity contribution >= 4 is 28.6 Å². The third-order valence-electron chi connectivity index (χ3n) is 1.73. The van der Waals surface area contributed by atoms with Gasteiger partial charge in [0.05, 0.1) is 11.3 Å². The highest BCUT2D eigenvalue weighted by atomic mass is 32.2. The van der Waals surface area contributed by atoms with Crippen LogP contribution >= 0.6 is 11.8 Å². The normalized spacial score (nSPS) is 11.2. The Labute approximate surface area is 92.4 Å². The van der Waals surface area contributed by atoms with Crippen LogP contribution in [0.25, 0.3) is 0 Å². The Morgan fingerprint density at radius 3 is 2.80 bits per heavy atom. The fourth-order valence-electron chi connectivity index (χ4n) is 1.03. The molecule has 1 rings (SSSR count). The van der Waals surface area contributed by atoms with E-state index in [1.807, 2.05) is 6.26 Å². The SMILES string of the molecule is CNC(=Nc1cccc(C(=O)O)c1)SC. The van der Waals surface area contributed by atoms with E-state index in [0.717, 1.165) is 5.17 Å². The Kier molecular flexibility index (Phi) is 4.17. The molecule has 15 heavy (non-hydrogen) atoms. The average Bonchev–Trinajstić information content (AvgIpc) is 2.26. The van der Waals surface area contributed by atoms with Crippen LogP contribution < -0.4 is 5.32 Å². The summed E-state index contributed by atoms with van der Waals surface area (Å²) in [6, 6.07) is 6.52. The summed E-state index contributed by atoms with van der Waals surface area (Å²) < 4.78 is 0. The first-order valence-electron chi connectivity index (χ1n) is 4.31. The minimum atomic E-state index is -0.942. The second kappa shape index (κ2) is 5.41. The molecule has 0 aromatic heterocycles. The van der Waals surface area contributed by atoms with Crippen LogP contribution in [0, 0.1) is 0 Å². The minimum Gasteiger partial charge on any atom is -0.478 e. The van der Waals surface area contributed by atoms with Crippen LogP contribution in [-0.4, -0.2) is 29.5 Å². The highest BCUT2D eigenvalue weighted by Gasteiger charge is 2.02. The fourth-order valence-corrected chi connectivity index (χ4v) is 1.43. The molecule has 4 nitrogen and oxygen atoms in total. The molecule has 0 unspecified atom stereocenters. The molecule has 2 N–H and O–H groups in total. The molecule has 0 radical (unpaired) electrons. The summed E-state index contributed by atoms with van der Waals surface area (Å²) in [7, 11) is 1.77. The number of amidine groups is 1. The molecule has 0 amide bonds. The molecule has 1 aromatic rings. The Bertz CT molecular complexity index is 385. The van der Waals surface area contributed by atoms with Gasteiger partial charge < -0.3 is 10.4 Å². The van der Waals surface area contributed by atoms with Crippen molar-refractivity contribution < 1.29 is 9.90 Å². The van der Waals surface area contributed by atoms with Gasteiger partial charge in [0, 0.05) is 7.05 Å². The van der Waals surface area contributed by atoms with Crippen LogP contribution in [0.2, 0.25) is 0 Å². The van der Waals surface area contributed by atoms with Crippen molar-refractivity contribution in [1.82, 2.24) is 5.32 Å². The number of carbonyl (C=O) groups is 1. The smallest absolute Gasteiger partial charge is 0.335 e. The van der Waals surface area contributed by atoms with E-state index in [1.54, 1.807) is 25.2 Å². The fraction of sp³-hybridized carbons (Fsp3) is 0.200. The number of aromatic carboxylic acids is 1. The molecular formula is C10H12N2O2S. The van der Waals surface area contributed by atoms with E-state index in [2.05, 4.69) is 10.3 Å². The second-order valence-electron chi connectivity index (χ2n) is 2.73. The molecule has 0 spiro atoms. The van der Waals surface area contributed by atoms with Gasteiger partial charge in [0.25, 0.3) is 0 Å². The summed E-state index contributed by atoms with van der Waals surface area (Å²) in [4.78, 5) is 15.0. The van der Waals surface area contributed by atoms with E-state index in [-0.39, 0.29) is 5.56 Å². The van der Waals surface area contributed by atoms with Gasteiger partial charge in [0.15, 0.2) is 5.17 Å². The van der Waals surface area contributed by atoms with Crippen molar-refractivity contribution in [3.05, 3.63) is 29.8 Å². The van der Waals surface area contributed by atoms with Crippen molar-refractivity contribution in [2.24, 2.45) is 4.99 Å². The number of hydrogen-bond acceptors (Lipinski definition) is 3. The molecule has 0 aliphatic carbocycles. The summed E-state index contributed by atoms with van der Waals surface area (Å²) >= 11 is 1.47. The molecule has 1 aromatic carbocycles.